The molecule has 3 aromatic rings. The summed E-state index contributed by atoms with van der Waals surface area (Å²) in [5, 5.41) is 9.51. The van der Waals surface area contributed by atoms with Gasteiger partial charge < -0.3 is 10.2 Å². The molecule has 1 unspecified atom stereocenters. The molecule has 0 bridgehead atoms. The number of pyridine rings is 1. The van der Waals surface area contributed by atoms with E-state index in [-0.39, 0.29) is 17.6 Å². The van der Waals surface area contributed by atoms with Gasteiger partial charge in [-0.1, -0.05) is 6.07 Å². The molecule has 0 aliphatic carbocycles. The number of carbonyl (C=O) groups excluding carboxylic acids is 1. The van der Waals surface area contributed by atoms with Crippen LogP contribution in [0, 0.1) is 0 Å². The lowest BCUT2D eigenvalue weighted by molar-refractivity contribution is -0.121. The lowest BCUT2D eigenvalue weighted by Gasteiger charge is -2.18. The second kappa shape index (κ2) is 6.34. The predicted octanol–water partition coefficient (Wildman–Crippen LogP) is -0.250. The van der Waals surface area contributed by atoms with Gasteiger partial charge in [0.15, 0.2) is 5.82 Å². The number of anilines is 1. The highest BCUT2D eigenvalue weighted by molar-refractivity contribution is 5.79. The van der Waals surface area contributed by atoms with Crippen molar-refractivity contribution in [3.05, 3.63) is 53.0 Å². The fourth-order valence-corrected chi connectivity index (χ4v) is 3.09. The Morgan fingerprint density at radius 3 is 3.16 bits per heavy atom. The van der Waals surface area contributed by atoms with E-state index < -0.39 is 0 Å². The van der Waals surface area contributed by atoms with Crippen LogP contribution >= 0.6 is 0 Å². The number of fused-ring (bicyclic) bond motifs is 1. The van der Waals surface area contributed by atoms with Gasteiger partial charge in [-0.05, 0) is 18.1 Å². The van der Waals surface area contributed by atoms with Crippen molar-refractivity contribution >= 4 is 17.4 Å². The highest BCUT2D eigenvalue weighted by atomic mass is 16.2. The van der Waals surface area contributed by atoms with Crippen LogP contribution in [0.15, 0.2) is 41.7 Å². The zero-order valence-corrected chi connectivity index (χ0v) is 13.4. The number of carbonyl (C=O) groups is 1. The molecule has 1 atom stereocenters. The maximum atomic E-state index is 12.2. The SMILES string of the molecule is O=C(Cc1cccnc1)NC1CCN(c2nccn3c(=O)[nH]nc23)C1. The molecule has 0 saturated carbocycles. The standard InChI is InChI=1S/C16H17N7O2/c24-13(8-11-2-1-4-17-9-11)19-12-3-6-22(10-12)14-15-20-21-16(25)23(15)7-5-18-14/h1-2,4-5,7,9,12H,3,6,8,10H2,(H,19,24)(H,21,25). The van der Waals surface area contributed by atoms with Crippen molar-refractivity contribution in [2.24, 2.45) is 0 Å². The lowest BCUT2D eigenvalue weighted by Crippen LogP contribution is -2.38. The van der Waals surface area contributed by atoms with Crippen molar-refractivity contribution in [3.8, 4) is 0 Å². The summed E-state index contributed by atoms with van der Waals surface area (Å²) in [4.78, 5) is 34.3. The van der Waals surface area contributed by atoms with Crippen LogP contribution < -0.4 is 15.9 Å². The Kier molecular flexibility index (Phi) is 3.88. The number of hydrogen-bond acceptors (Lipinski definition) is 6. The van der Waals surface area contributed by atoms with E-state index in [1.54, 1.807) is 24.8 Å². The molecule has 1 amide bonds. The molecule has 9 heteroatoms. The molecule has 4 rings (SSSR count). The van der Waals surface area contributed by atoms with Crippen molar-refractivity contribution in [2.45, 2.75) is 18.9 Å². The number of amides is 1. The normalized spacial score (nSPS) is 17.1. The van der Waals surface area contributed by atoms with Crippen LogP contribution in [0.5, 0.6) is 0 Å². The molecule has 1 aliphatic rings. The van der Waals surface area contributed by atoms with E-state index in [4.69, 9.17) is 0 Å². The summed E-state index contributed by atoms with van der Waals surface area (Å²) in [5.74, 6) is 0.617. The quantitative estimate of drug-likeness (QED) is 0.679. The summed E-state index contributed by atoms with van der Waals surface area (Å²) in [6, 6.07) is 3.74. The molecule has 2 N–H and O–H groups in total. The van der Waals surface area contributed by atoms with Crippen LogP contribution in [0.3, 0.4) is 0 Å². The zero-order chi connectivity index (χ0) is 17.2. The van der Waals surface area contributed by atoms with E-state index in [0.29, 0.717) is 24.4 Å². The number of nitrogens with zero attached hydrogens (tertiary/aromatic N) is 5. The number of nitrogens with one attached hydrogen (secondary N) is 2. The Morgan fingerprint density at radius 1 is 1.40 bits per heavy atom. The van der Waals surface area contributed by atoms with Crippen molar-refractivity contribution in [3.63, 3.8) is 0 Å². The van der Waals surface area contributed by atoms with Crippen molar-refractivity contribution in [2.75, 3.05) is 18.0 Å². The molecule has 1 saturated heterocycles. The molecule has 9 nitrogen and oxygen atoms in total. The maximum Gasteiger partial charge on any atom is 0.347 e. The van der Waals surface area contributed by atoms with Crippen molar-refractivity contribution in [1.82, 2.24) is 29.9 Å². The minimum Gasteiger partial charge on any atom is -0.351 e. The zero-order valence-electron chi connectivity index (χ0n) is 13.4. The number of aromatic nitrogens is 5. The van der Waals surface area contributed by atoms with Gasteiger partial charge in [0.05, 0.1) is 6.42 Å². The maximum absolute atomic E-state index is 12.2. The molecule has 0 aromatic carbocycles. The first-order chi connectivity index (χ1) is 12.2. The largest absolute Gasteiger partial charge is 0.351 e. The summed E-state index contributed by atoms with van der Waals surface area (Å²) in [5.41, 5.74) is 1.09. The van der Waals surface area contributed by atoms with E-state index in [1.807, 2.05) is 17.0 Å². The number of aromatic amines is 1. The van der Waals surface area contributed by atoms with E-state index in [1.165, 1.54) is 4.40 Å². The van der Waals surface area contributed by atoms with Gasteiger partial charge in [-0.2, -0.15) is 0 Å². The predicted molar refractivity (Wildman–Crippen MR) is 90.3 cm³/mol. The van der Waals surface area contributed by atoms with Crippen LogP contribution in [0.25, 0.3) is 5.65 Å². The molecule has 1 aliphatic heterocycles. The van der Waals surface area contributed by atoms with Crippen molar-refractivity contribution in [1.29, 1.82) is 0 Å². The van der Waals surface area contributed by atoms with Crippen LogP contribution in [-0.4, -0.2) is 49.6 Å². The summed E-state index contributed by atoms with van der Waals surface area (Å²) in [6.07, 6.45) is 7.66. The third kappa shape index (κ3) is 3.08. The van der Waals surface area contributed by atoms with Gasteiger partial charge in [0.2, 0.25) is 11.6 Å². The molecule has 4 heterocycles. The van der Waals surface area contributed by atoms with Crippen molar-refractivity contribution < 1.29 is 4.79 Å². The third-order valence-corrected chi connectivity index (χ3v) is 4.26. The summed E-state index contributed by atoms with van der Waals surface area (Å²) < 4.78 is 1.43. The van der Waals surface area contributed by atoms with Crippen LogP contribution in [0.2, 0.25) is 0 Å². The molecule has 0 spiro atoms. The molecule has 3 aromatic heterocycles. The smallest absolute Gasteiger partial charge is 0.347 e. The first-order valence-electron chi connectivity index (χ1n) is 8.05. The van der Waals surface area contributed by atoms with Crippen LogP contribution in [-0.2, 0) is 11.2 Å². The summed E-state index contributed by atoms with van der Waals surface area (Å²) in [6.45, 7) is 1.37. The van der Waals surface area contributed by atoms with Crippen LogP contribution in [0.1, 0.15) is 12.0 Å². The Labute approximate surface area is 142 Å². The van der Waals surface area contributed by atoms with E-state index in [2.05, 4.69) is 25.5 Å². The highest BCUT2D eigenvalue weighted by Crippen LogP contribution is 2.20. The van der Waals surface area contributed by atoms with Gasteiger partial charge in [-0.3, -0.25) is 9.78 Å². The Morgan fingerprint density at radius 2 is 2.32 bits per heavy atom. The second-order valence-corrected chi connectivity index (χ2v) is 6.01. The molecular weight excluding hydrogens is 322 g/mol. The van der Waals surface area contributed by atoms with Gasteiger partial charge >= 0.3 is 5.69 Å². The van der Waals surface area contributed by atoms with E-state index >= 15 is 0 Å². The fraction of sp³-hybridized carbons (Fsp3) is 0.312. The fourth-order valence-electron chi connectivity index (χ4n) is 3.09. The highest BCUT2D eigenvalue weighted by Gasteiger charge is 2.26. The minimum absolute atomic E-state index is 0.0259. The topological polar surface area (TPSA) is 108 Å². The first kappa shape index (κ1) is 15.3. The first-order valence-corrected chi connectivity index (χ1v) is 8.05. The second-order valence-electron chi connectivity index (χ2n) is 6.01. The minimum atomic E-state index is -0.292. The molecular formula is C16H17N7O2. The van der Waals surface area contributed by atoms with Gasteiger partial charge in [-0.25, -0.2) is 19.3 Å². The van der Waals surface area contributed by atoms with E-state index in [9.17, 15) is 9.59 Å². The lowest BCUT2D eigenvalue weighted by atomic mass is 10.2. The Bertz CT molecular complexity index is 950. The molecule has 0 radical (unpaired) electrons. The average molecular weight is 339 g/mol. The van der Waals surface area contributed by atoms with Gasteiger partial charge in [-0.15, -0.1) is 5.10 Å². The van der Waals surface area contributed by atoms with Gasteiger partial charge in [0.25, 0.3) is 0 Å². The average Bonchev–Trinajstić information content (AvgIpc) is 3.23. The number of rotatable bonds is 4. The number of H-pyrrole nitrogens is 1. The van der Waals surface area contributed by atoms with E-state index in [0.717, 1.165) is 18.5 Å². The van der Waals surface area contributed by atoms with Crippen LogP contribution in [0.4, 0.5) is 5.82 Å². The van der Waals surface area contributed by atoms with Gasteiger partial charge in [0, 0.05) is 43.9 Å². The monoisotopic (exact) mass is 339 g/mol. The summed E-state index contributed by atoms with van der Waals surface area (Å²) in [7, 11) is 0. The molecule has 1 fully saturated rings. The summed E-state index contributed by atoms with van der Waals surface area (Å²) >= 11 is 0. The molecule has 25 heavy (non-hydrogen) atoms. The van der Waals surface area contributed by atoms with Gasteiger partial charge in [0.1, 0.15) is 0 Å². The molecule has 128 valence electrons. The Balaban J connectivity index is 1.43. The number of hydrogen-bond donors (Lipinski definition) is 2. The third-order valence-electron chi connectivity index (χ3n) is 4.26. The Hall–Kier alpha value is -3.23.